The van der Waals surface area contributed by atoms with E-state index in [1.807, 2.05) is 24.3 Å². The first-order valence-electron chi connectivity index (χ1n) is 8.18. The molecule has 0 atom stereocenters. The molecule has 0 saturated carbocycles. The number of amides is 1. The lowest BCUT2D eigenvalue weighted by Crippen LogP contribution is -2.36. The van der Waals surface area contributed by atoms with Crippen LogP contribution in [-0.2, 0) is 11.3 Å². The minimum absolute atomic E-state index is 0.0887. The van der Waals surface area contributed by atoms with Crippen molar-refractivity contribution in [3.05, 3.63) is 68.7 Å². The van der Waals surface area contributed by atoms with E-state index in [1.165, 1.54) is 18.2 Å². The Kier molecular flexibility index (Phi) is 5.70. The highest BCUT2D eigenvalue weighted by Gasteiger charge is 2.16. The zero-order valence-electron chi connectivity index (χ0n) is 14.0. The first kappa shape index (κ1) is 18.2. The van der Waals surface area contributed by atoms with Crippen LogP contribution in [0.15, 0.2) is 42.5 Å². The van der Waals surface area contributed by atoms with Crippen LogP contribution >= 0.6 is 11.6 Å². The fourth-order valence-corrected chi connectivity index (χ4v) is 2.93. The molecule has 3 rings (SSSR count). The van der Waals surface area contributed by atoms with Crippen molar-refractivity contribution in [1.82, 2.24) is 5.32 Å². The van der Waals surface area contributed by atoms with Gasteiger partial charge in [-0.3, -0.25) is 14.9 Å². The van der Waals surface area contributed by atoms with Gasteiger partial charge in [-0.1, -0.05) is 23.7 Å². The highest BCUT2D eigenvalue weighted by molar-refractivity contribution is 6.33. The minimum atomic E-state index is -0.558. The molecule has 1 N–H and O–H groups in total. The van der Waals surface area contributed by atoms with E-state index in [4.69, 9.17) is 16.3 Å². The number of non-ortho nitro benzene ring substituents is 1. The molecule has 0 aromatic heterocycles. The Balaban J connectivity index is 1.62. The molecular weight excluding hydrogens is 358 g/mol. The molecule has 1 aliphatic rings. The summed E-state index contributed by atoms with van der Waals surface area (Å²) < 4.78 is 5.34. The second kappa shape index (κ2) is 8.16. The fourth-order valence-electron chi connectivity index (χ4n) is 2.72. The van der Waals surface area contributed by atoms with E-state index in [0.717, 1.165) is 37.6 Å². The number of rotatable bonds is 5. The van der Waals surface area contributed by atoms with Gasteiger partial charge in [-0.2, -0.15) is 0 Å². The van der Waals surface area contributed by atoms with E-state index in [1.54, 1.807) is 0 Å². The van der Waals surface area contributed by atoms with Gasteiger partial charge in [0, 0.05) is 37.5 Å². The molecule has 2 aromatic carbocycles. The maximum atomic E-state index is 12.3. The Hall–Kier alpha value is -2.64. The molecule has 0 spiro atoms. The first-order chi connectivity index (χ1) is 12.5. The van der Waals surface area contributed by atoms with Crippen molar-refractivity contribution in [2.75, 3.05) is 31.2 Å². The zero-order chi connectivity index (χ0) is 18.5. The smallest absolute Gasteiger partial charge is 0.270 e. The van der Waals surface area contributed by atoms with E-state index in [0.29, 0.717) is 6.54 Å². The van der Waals surface area contributed by atoms with Gasteiger partial charge in [0.15, 0.2) is 0 Å². The molecule has 0 radical (unpaired) electrons. The predicted octanol–water partition coefficient (Wildman–Crippen LogP) is 3.01. The van der Waals surface area contributed by atoms with Crippen molar-refractivity contribution in [1.29, 1.82) is 0 Å². The lowest BCUT2D eigenvalue weighted by Gasteiger charge is -2.28. The van der Waals surface area contributed by atoms with Crippen molar-refractivity contribution in [3.63, 3.8) is 0 Å². The molecule has 1 aliphatic heterocycles. The van der Waals surface area contributed by atoms with Gasteiger partial charge in [0.05, 0.1) is 28.7 Å². The molecule has 136 valence electrons. The minimum Gasteiger partial charge on any atom is -0.378 e. The molecule has 26 heavy (non-hydrogen) atoms. The SMILES string of the molecule is O=C(NCc1ccc(N2CCOCC2)cc1)c1cc([N+](=O)[O-])ccc1Cl. The largest absolute Gasteiger partial charge is 0.378 e. The number of benzene rings is 2. The number of nitro benzene ring substituents is 1. The second-order valence-corrected chi connectivity index (χ2v) is 6.28. The lowest BCUT2D eigenvalue weighted by molar-refractivity contribution is -0.384. The van der Waals surface area contributed by atoms with Crippen molar-refractivity contribution in [2.45, 2.75) is 6.54 Å². The average molecular weight is 376 g/mol. The van der Waals surface area contributed by atoms with Crippen LogP contribution in [-0.4, -0.2) is 37.1 Å². The topological polar surface area (TPSA) is 84.7 Å². The molecule has 1 amide bonds. The third-order valence-corrected chi connectivity index (χ3v) is 4.50. The van der Waals surface area contributed by atoms with E-state index >= 15 is 0 Å². The quantitative estimate of drug-likeness (QED) is 0.641. The summed E-state index contributed by atoms with van der Waals surface area (Å²) in [6.45, 7) is 3.48. The van der Waals surface area contributed by atoms with Gasteiger partial charge in [-0.05, 0) is 23.8 Å². The van der Waals surface area contributed by atoms with Crippen LogP contribution in [0.3, 0.4) is 0 Å². The first-order valence-corrected chi connectivity index (χ1v) is 8.56. The molecule has 2 aromatic rings. The summed E-state index contributed by atoms with van der Waals surface area (Å²) in [6, 6.07) is 11.7. The summed E-state index contributed by atoms with van der Waals surface area (Å²) >= 11 is 5.99. The molecular formula is C18H18ClN3O4. The summed E-state index contributed by atoms with van der Waals surface area (Å²) in [5.74, 6) is -0.448. The Bertz CT molecular complexity index is 805. The van der Waals surface area contributed by atoms with E-state index < -0.39 is 10.8 Å². The highest BCUT2D eigenvalue weighted by atomic mass is 35.5. The summed E-state index contributed by atoms with van der Waals surface area (Å²) in [5, 5.41) is 13.8. The third kappa shape index (κ3) is 4.30. The van der Waals surface area contributed by atoms with Crippen LogP contribution in [0.1, 0.15) is 15.9 Å². The van der Waals surface area contributed by atoms with Gasteiger partial charge < -0.3 is 15.0 Å². The van der Waals surface area contributed by atoms with Crippen LogP contribution in [0.5, 0.6) is 0 Å². The monoisotopic (exact) mass is 375 g/mol. The summed E-state index contributed by atoms with van der Waals surface area (Å²) in [6.07, 6.45) is 0. The number of nitrogens with zero attached hydrogens (tertiary/aromatic N) is 2. The van der Waals surface area contributed by atoms with Crippen molar-refractivity contribution in [2.24, 2.45) is 0 Å². The molecule has 0 unspecified atom stereocenters. The number of hydrogen-bond donors (Lipinski definition) is 1. The normalized spacial score (nSPS) is 14.1. The number of nitrogens with one attached hydrogen (secondary N) is 1. The van der Waals surface area contributed by atoms with Crippen LogP contribution in [0.2, 0.25) is 5.02 Å². The van der Waals surface area contributed by atoms with Crippen LogP contribution < -0.4 is 10.2 Å². The molecule has 1 fully saturated rings. The van der Waals surface area contributed by atoms with Gasteiger partial charge in [0.25, 0.3) is 11.6 Å². The van der Waals surface area contributed by atoms with E-state index in [-0.39, 0.29) is 16.3 Å². The van der Waals surface area contributed by atoms with E-state index in [9.17, 15) is 14.9 Å². The highest BCUT2D eigenvalue weighted by Crippen LogP contribution is 2.22. The number of hydrogen-bond acceptors (Lipinski definition) is 5. The number of nitro groups is 1. The summed E-state index contributed by atoms with van der Waals surface area (Å²) in [4.78, 5) is 24.8. The van der Waals surface area contributed by atoms with Crippen LogP contribution in [0.25, 0.3) is 0 Å². The van der Waals surface area contributed by atoms with E-state index in [2.05, 4.69) is 10.2 Å². The van der Waals surface area contributed by atoms with Crippen LogP contribution in [0.4, 0.5) is 11.4 Å². The van der Waals surface area contributed by atoms with Crippen LogP contribution in [0, 0.1) is 10.1 Å². The maximum absolute atomic E-state index is 12.3. The Labute approximate surface area is 155 Å². The lowest BCUT2D eigenvalue weighted by atomic mass is 10.1. The molecule has 0 bridgehead atoms. The number of anilines is 1. The van der Waals surface area contributed by atoms with Gasteiger partial charge in [-0.25, -0.2) is 0 Å². The van der Waals surface area contributed by atoms with Crippen molar-refractivity contribution in [3.8, 4) is 0 Å². The van der Waals surface area contributed by atoms with Gasteiger partial charge >= 0.3 is 0 Å². The van der Waals surface area contributed by atoms with Gasteiger partial charge in [0.2, 0.25) is 0 Å². The van der Waals surface area contributed by atoms with Gasteiger partial charge in [0.1, 0.15) is 0 Å². The van der Waals surface area contributed by atoms with Crippen molar-refractivity contribution >= 4 is 28.9 Å². The Morgan fingerprint density at radius 1 is 1.19 bits per heavy atom. The molecule has 7 nitrogen and oxygen atoms in total. The number of ether oxygens (including phenoxy) is 1. The molecule has 8 heteroatoms. The summed E-state index contributed by atoms with van der Waals surface area (Å²) in [7, 11) is 0. The predicted molar refractivity (Wildman–Crippen MR) is 98.8 cm³/mol. The number of morpholine rings is 1. The number of carbonyl (C=O) groups is 1. The Morgan fingerprint density at radius 2 is 1.88 bits per heavy atom. The Morgan fingerprint density at radius 3 is 2.54 bits per heavy atom. The van der Waals surface area contributed by atoms with Crippen molar-refractivity contribution < 1.29 is 14.5 Å². The number of carbonyl (C=O) groups excluding carboxylic acids is 1. The molecule has 0 aliphatic carbocycles. The zero-order valence-corrected chi connectivity index (χ0v) is 14.7. The average Bonchev–Trinajstić information content (AvgIpc) is 2.67. The van der Waals surface area contributed by atoms with Gasteiger partial charge in [-0.15, -0.1) is 0 Å². The standard InChI is InChI=1S/C18H18ClN3O4/c19-17-6-5-15(22(24)25)11-16(17)18(23)20-12-13-1-3-14(4-2-13)21-7-9-26-10-8-21/h1-6,11H,7-10,12H2,(H,20,23). The summed E-state index contributed by atoms with van der Waals surface area (Å²) in [5.41, 5.74) is 1.96. The maximum Gasteiger partial charge on any atom is 0.270 e. The second-order valence-electron chi connectivity index (χ2n) is 5.87. The number of halogens is 1. The molecule has 1 saturated heterocycles. The fraction of sp³-hybridized carbons (Fsp3) is 0.278. The molecule has 1 heterocycles. The third-order valence-electron chi connectivity index (χ3n) is 4.17.